The summed E-state index contributed by atoms with van der Waals surface area (Å²) in [6.07, 6.45) is 5.64. The SMILES string of the molecule is O=C(Nc1cccc(S(=O)(=O)N2CCN(C(=O)C3CCCC3)CC2)c1)Nc1nccs1. The normalized spacial score (nSPS) is 18.1. The average Bonchev–Trinajstić information content (AvgIpc) is 3.48. The Morgan fingerprint density at radius 1 is 1.06 bits per heavy atom. The molecule has 11 heteroatoms. The van der Waals surface area contributed by atoms with Gasteiger partial charge in [-0.1, -0.05) is 18.9 Å². The molecule has 0 bridgehead atoms. The van der Waals surface area contributed by atoms with Crippen molar-refractivity contribution in [2.24, 2.45) is 5.92 Å². The third kappa shape index (κ3) is 5.05. The van der Waals surface area contributed by atoms with Crippen LogP contribution in [0.1, 0.15) is 25.7 Å². The summed E-state index contributed by atoms with van der Waals surface area (Å²) in [5.74, 6) is 0.258. The van der Waals surface area contributed by atoms with Gasteiger partial charge in [0.1, 0.15) is 0 Å². The van der Waals surface area contributed by atoms with Crippen molar-refractivity contribution in [2.45, 2.75) is 30.6 Å². The first kappa shape index (κ1) is 21.7. The van der Waals surface area contributed by atoms with Crippen LogP contribution in [0.5, 0.6) is 0 Å². The second kappa shape index (κ2) is 9.33. The number of hydrogen-bond acceptors (Lipinski definition) is 6. The molecule has 166 valence electrons. The summed E-state index contributed by atoms with van der Waals surface area (Å²) in [4.78, 5) is 30.6. The minimum Gasteiger partial charge on any atom is -0.340 e. The molecule has 31 heavy (non-hydrogen) atoms. The largest absolute Gasteiger partial charge is 0.340 e. The van der Waals surface area contributed by atoms with Crippen molar-refractivity contribution in [3.63, 3.8) is 0 Å². The van der Waals surface area contributed by atoms with Gasteiger partial charge in [0.25, 0.3) is 0 Å². The van der Waals surface area contributed by atoms with E-state index in [0.717, 1.165) is 25.7 Å². The van der Waals surface area contributed by atoms with Crippen LogP contribution in [-0.2, 0) is 14.8 Å². The summed E-state index contributed by atoms with van der Waals surface area (Å²) in [7, 11) is -3.73. The van der Waals surface area contributed by atoms with E-state index in [4.69, 9.17) is 0 Å². The van der Waals surface area contributed by atoms with Crippen molar-refractivity contribution < 1.29 is 18.0 Å². The fraction of sp³-hybridized carbons (Fsp3) is 0.450. The number of piperazine rings is 1. The molecule has 2 N–H and O–H groups in total. The lowest BCUT2D eigenvalue weighted by Crippen LogP contribution is -2.51. The van der Waals surface area contributed by atoms with E-state index >= 15 is 0 Å². The van der Waals surface area contributed by atoms with Crippen molar-refractivity contribution >= 4 is 44.1 Å². The Kier molecular flexibility index (Phi) is 6.54. The molecule has 2 fully saturated rings. The van der Waals surface area contributed by atoms with Gasteiger partial charge in [-0.3, -0.25) is 10.1 Å². The number of carbonyl (C=O) groups excluding carboxylic acids is 2. The Balaban J connectivity index is 1.38. The van der Waals surface area contributed by atoms with Gasteiger partial charge in [-0.25, -0.2) is 18.2 Å². The molecule has 4 rings (SSSR count). The van der Waals surface area contributed by atoms with E-state index in [1.54, 1.807) is 28.6 Å². The van der Waals surface area contributed by atoms with Crippen molar-refractivity contribution in [2.75, 3.05) is 36.8 Å². The molecule has 2 heterocycles. The molecule has 0 unspecified atom stereocenters. The number of anilines is 2. The maximum atomic E-state index is 13.1. The van der Waals surface area contributed by atoms with Crippen LogP contribution >= 0.6 is 11.3 Å². The van der Waals surface area contributed by atoms with Crippen LogP contribution in [0.25, 0.3) is 0 Å². The highest BCUT2D eigenvalue weighted by Gasteiger charge is 2.33. The summed E-state index contributed by atoms with van der Waals surface area (Å²) < 4.78 is 27.6. The third-order valence-electron chi connectivity index (χ3n) is 5.64. The number of nitrogens with one attached hydrogen (secondary N) is 2. The number of rotatable bonds is 5. The zero-order valence-electron chi connectivity index (χ0n) is 17.0. The lowest BCUT2D eigenvalue weighted by Gasteiger charge is -2.35. The zero-order valence-corrected chi connectivity index (χ0v) is 18.6. The molecule has 3 amide bonds. The van der Waals surface area contributed by atoms with Crippen LogP contribution in [0.15, 0.2) is 40.7 Å². The van der Waals surface area contributed by atoms with Gasteiger partial charge in [0.2, 0.25) is 15.9 Å². The van der Waals surface area contributed by atoms with Crippen LogP contribution in [-0.4, -0.2) is 60.7 Å². The Labute approximate surface area is 185 Å². The number of benzene rings is 1. The zero-order chi connectivity index (χ0) is 21.8. The Hall–Kier alpha value is -2.50. The van der Waals surface area contributed by atoms with Gasteiger partial charge >= 0.3 is 6.03 Å². The quantitative estimate of drug-likeness (QED) is 0.708. The van der Waals surface area contributed by atoms with Crippen LogP contribution in [0.4, 0.5) is 15.6 Å². The molecule has 9 nitrogen and oxygen atoms in total. The number of sulfonamides is 1. The summed E-state index contributed by atoms with van der Waals surface area (Å²) in [6.45, 7) is 1.34. The number of nitrogens with zero attached hydrogens (tertiary/aromatic N) is 3. The fourth-order valence-electron chi connectivity index (χ4n) is 4.01. The summed E-state index contributed by atoms with van der Waals surface area (Å²) in [5.41, 5.74) is 0.366. The van der Waals surface area contributed by atoms with Gasteiger partial charge in [0, 0.05) is 49.4 Å². The molecule has 1 aliphatic carbocycles. The van der Waals surface area contributed by atoms with E-state index in [1.807, 2.05) is 0 Å². The Bertz CT molecular complexity index is 1030. The van der Waals surface area contributed by atoms with Crippen LogP contribution in [0, 0.1) is 5.92 Å². The van der Waals surface area contributed by atoms with Crippen molar-refractivity contribution in [3.05, 3.63) is 35.8 Å². The van der Waals surface area contributed by atoms with E-state index in [9.17, 15) is 18.0 Å². The molecule has 0 atom stereocenters. The van der Waals surface area contributed by atoms with Gasteiger partial charge in [0.05, 0.1) is 4.90 Å². The summed E-state index contributed by atoms with van der Waals surface area (Å²) >= 11 is 1.28. The lowest BCUT2D eigenvalue weighted by atomic mass is 10.1. The Morgan fingerprint density at radius 3 is 2.48 bits per heavy atom. The molecule has 2 aromatic rings. The number of amides is 3. The van der Waals surface area contributed by atoms with Gasteiger partial charge in [-0.15, -0.1) is 11.3 Å². The molecule has 1 saturated heterocycles. The fourth-order valence-corrected chi connectivity index (χ4v) is 6.00. The minimum absolute atomic E-state index is 0.0986. The average molecular weight is 464 g/mol. The monoisotopic (exact) mass is 463 g/mol. The highest BCUT2D eigenvalue weighted by atomic mass is 32.2. The minimum atomic E-state index is -3.73. The van der Waals surface area contributed by atoms with Crippen LogP contribution < -0.4 is 10.6 Å². The molecule has 1 saturated carbocycles. The van der Waals surface area contributed by atoms with E-state index in [2.05, 4.69) is 15.6 Å². The van der Waals surface area contributed by atoms with E-state index in [0.29, 0.717) is 23.9 Å². The van der Waals surface area contributed by atoms with Crippen molar-refractivity contribution in [1.29, 1.82) is 0 Å². The molecular weight excluding hydrogens is 438 g/mol. The maximum Gasteiger partial charge on any atom is 0.325 e. The van der Waals surface area contributed by atoms with Crippen molar-refractivity contribution in [1.82, 2.24) is 14.2 Å². The van der Waals surface area contributed by atoms with E-state index in [1.165, 1.54) is 27.8 Å². The van der Waals surface area contributed by atoms with Gasteiger partial charge in [-0.05, 0) is 31.0 Å². The van der Waals surface area contributed by atoms with Crippen LogP contribution in [0.3, 0.4) is 0 Å². The first-order valence-electron chi connectivity index (χ1n) is 10.3. The molecule has 0 spiro atoms. The predicted octanol–water partition coefficient (Wildman–Crippen LogP) is 2.81. The number of hydrogen-bond donors (Lipinski definition) is 2. The second-order valence-corrected chi connectivity index (χ2v) is 10.5. The third-order valence-corrected chi connectivity index (χ3v) is 8.22. The molecule has 1 aliphatic heterocycles. The first-order valence-corrected chi connectivity index (χ1v) is 12.6. The Morgan fingerprint density at radius 2 is 1.81 bits per heavy atom. The smallest absolute Gasteiger partial charge is 0.325 e. The molecular formula is C20H25N5O4S2. The highest BCUT2D eigenvalue weighted by Crippen LogP contribution is 2.28. The summed E-state index contributed by atoms with van der Waals surface area (Å²) in [6, 6.07) is 5.66. The van der Waals surface area contributed by atoms with Crippen LogP contribution in [0.2, 0.25) is 0 Å². The van der Waals surface area contributed by atoms with E-state index in [-0.39, 0.29) is 29.8 Å². The maximum absolute atomic E-state index is 13.1. The molecule has 0 radical (unpaired) electrons. The number of thiazole rings is 1. The van der Waals surface area contributed by atoms with E-state index < -0.39 is 16.1 Å². The predicted molar refractivity (Wildman–Crippen MR) is 118 cm³/mol. The lowest BCUT2D eigenvalue weighted by molar-refractivity contribution is -0.136. The summed E-state index contributed by atoms with van der Waals surface area (Å²) in [5, 5.41) is 7.41. The second-order valence-electron chi connectivity index (χ2n) is 7.65. The first-order chi connectivity index (χ1) is 14.9. The molecule has 1 aromatic heterocycles. The van der Waals surface area contributed by atoms with Crippen molar-refractivity contribution in [3.8, 4) is 0 Å². The number of carbonyl (C=O) groups is 2. The standard InChI is InChI=1S/C20H25N5O4S2/c26-18(15-4-1-2-5-15)24-9-11-25(12-10-24)31(28,29)17-7-3-6-16(14-17)22-19(27)23-20-21-8-13-30-20/h3,6-8,13-15H,1-2,4-5,9-12H2,(H2,21,22,23,27). The molecule has 2 aliphatic rings. The van der Waals surface area contributed by atoms with Gasteiger partial charge in [0.15, 0.2) is 5.13 Å². The topological polar surface area (TPSA) is 112 Å². The number of urea groups is 1. The number of aromatic nitrogens is 1. The molecule has 1 aromatic carbocycles. The van der Waals surface area contributed by atoms with Gasteiger partial charge < -0.3 is 10.2 Å². The van der Waals surface area contributed by atoms with Gasteiger partial charge in [-0.2, -0.15) is 4.31 Å². The highest BCUT2D eigenvalue weighted by molar-refractivity contribution is 7.89.